The van der Waals surface area contributed by atoms with E-state index in [1.54, 1.807) is 19.9 Å². The van der Waals surface area contributed by atoms with Crippen molar-refractivity contribution in [3.63, 3.8) is 0 Å². The first-order valence-electron chi connectivity index (χ1n) is 5.97. The van der Waals surface area contributed by atoms with Gasteiger partial charge in [-0.25, -0.2) is 4.39 Å². The highest BCUT2D eigenvalue weighted by atomic mass is 19.1. The Balaban J connectivity index is 2.47. The van der Waals surface area contributed by atoms with Crippen LogP contribution in [0, 0.1) is 11.2 Å². The summed E-state index contributed by atoms with van der Waals surface area (Å²) in [5.41, 5.74) is 0.159. The van der Waals surface area contributed by atoms with Crippen molar-refractivity contribution in [1.29, 1.82) is 0 Å². The Morgan fingerprint density at radius 2 is 2.11 bits per heavy atom. The van der Waals surface area contributed by atoms with Gasteiger partial charge in [-0.1, -0.05) is 12.1 Å². The van der Waals surface area contributed by atoms with Crippen LogP contribution in [-0.4, -0.2) is 36.1 Å². The number of carboxylic acid groups (broad SMARTS) is 1. The van der Waals surface area contributed by atoms with Gasteiger partial charge >= 0.3 is 5.97 Å². The molecule has 0 atom stereocenters. The number of nitrogens with zero attached hydrogens (tertiary/aromatic N) is 1. The molecule has 0 aliphatic rings. The molecular weight excluding hydrogens is 233 g/mol. The van der Waals surface area contributed by atoms with E-state index >= 15 is 0 Å². The second kappa shape index (κ2) is 5.96. The van der Waals surface area contributed by atoms with Crippen LogP contribution in [0.25, 0.3) is 0 Å². The predicted molar refractivity (Wildman–Crippen MR) is 69.0 cm³/mol. The molecule has 1 rings (SSSR count). The van der Waals surface area contributed by atoms with Crippen LogP contribution in [0.3, 0.4) is 0 Å². The third-order valence-electron chi connectivity index (χ3n) is 2.92. The van der Waals surface area contributed by atoms with Crippen LogP contribution in [0.15, 0.2) is 24.3 Å². The Kier molecular flexibility index (Phi) is 4.84. The Labute approximate surface area is 107 Å². The standard InChI is InChI=1S/C14H20FNO2/c1-14(2,13(17)18)10-16(3)8-7-11-5-4-6-12(15)9-11/h4-6,9H,7-8,10H2,1-3H3,(H,17,18). The second-order valence-corrected chi connectivity index (χ2v) is 5.31. The number of hydrogen-bond acceptors (Lipinski definition) is 2. The van der Waals surface area contributed by atoms with Gasteiger partial charge in [-0.15, -0.1) is 0 Å². The molecule has 0 amide bonds. The minimum atomic E-state index is -0.805. The van der Waals surface area contributed by atoms with E-state index in [9.17, 15) is 9.18 Å². The lowest BCUT2D eigenvalue weighted by atomic mass is 9.93. The summed E-state index contributed by atoms with van der Waals surface area (Å²) in [7, 11) is 1.88. The molecule has 0 bridgehead atoms. The third kappa shape index (κ3) is 4.45. The molecule has 0 saturated carbocycles. The predicted octanol–water partition coefficient (Wildman–Crippen LogP) is 2.41. The van der Waals surface area contributed by atoms with E-state index in [1.807, 2.05) is 18.0 Å². The van der Waals surface area contributed by atoms with Crippen LogP contribution >= 0.6 is 0 Å². The van der Waals surface area contributed by atoms with E-state index in [2.05, 4.69) is 0 Å². The van der Waals surface area contributed by atoms with Gasteiger partial charge in [-0.05, 0) is 45.0 Å². The maximum Gasteiger partial charge on any atom is 0.310 e. The molecule has 1 aromatic carbocycles. The van der Waals surface area contributed by atoms with Crippen LogP contribution in [0.2, 0.25) is 0 Å². The molecule has 0 radical (unpaired) electrons. The van der Waals surface area contributed by atoms with Gasteiger partial charge in [0, 0.05) is 13.1 Å². The number of benzene rings is 1. The lowest BCUT2D eigenvalue weighted by Gasteiger charge is -2.26. The molecule has 0 aliphatic heterocycles. The zero-order valence-corrected chi connectivity index (χ0v) is 11.1. The highest BCUT2D eigenvalue weighted by molar-refractivity contribution is 5.73. The first-order chi connectivity index (χ1) is 8.31. The SMILES string of the molecule is CN(CCc1cccc(F)c1)CC(C)(C)C(=O)O. The lowest BCUT2D eigenvalue weighted by molar-refractivity contribution is -0.147. The number of carboxylic acids is 1. The first kappa shape index (κ1) is 14.6. The van der Waals surface area contributed by atoms with Crippen molar-refractivity contribution >= 4 is 5.97 Å². The Bertz CT molecular complexity index is 418. The fraction of sp³-hybridized carbons (Fsp3) is 0.500. The molecule has 0 heterocycles. The molecule has 0 aromatic heterocycles. The largest absolute Gasteiger partial charge is 0.481 e. The van der Waals surface area contributed by atoms with E-state index in [0.29, 0.717) is 19.5 Å². The average Bonchev–Trinajstić information content (AvgIpc) is 2.25. The number of hydrogen-bond donors (Lipinski definition) is 1. The molecule has 4 heteroatoms. The summed E-state index contributed by atoms with van der Waals surface area (Å²) >= 11 is 0. The Morgan fingerprint density at radius 3 is 2.67 bits per heavy atom. The molecule has 0 unspecified atom stereocenters. The van der Waals surface area contributed by atoms with Gasteiger partial charge in [0.05, 0.1) is 5.41 Å². The van der Waals surface area contributed by atoms with E-state index in [0.717, 1.165) is 5.56 Å². The fourth-order valence-electron chi connectivity index (χ4n) is 1.83. The summed E-state index contributed by atoms with van der Waals surface area (Å²) in [5.74, 6) is -1.04. The first-order valence-corrected chi connectivity index (χ1v) is 5.97. The topological polar surface area (TPSA) is 40.5 Å². The summed E-state index contributed by atoms with van der Waals surface area (Å²) in [6, 6.07) is 6.49. The number of rotatable bonds is 6. The monoisotopic (exact) mass is 253 g/mol. The highest BCUT2D eigenvalue weighted by Gasteiger charge is 2.28. The quantitative estimate of drug-likeness (QED) is 0.846. The molecule has 3 nitrogen and oxygen atoms in total. The van der Waals surface area contributed by atoms with Crippen LogP contribution in [0.1, 0.15) is 19.4 Å². The van der Waals surface area contributed by atoms with Crippen molar-refractivity contribution in [3.8, 4) is 0 Å². The minimum Gasteiger partial charge on any atom is -0.481 e. The van der Waals surface area contributed by atoms with Crippen LogP contribution in [0.5, 0.6) is 0 Å². The van der Waals surface area contributed by atoms with Crippen molar-refractivity contribution in [2.45, 2.75) is 20.3 Å². The van der Waals surface area contributed by atoms with E-state index in [1.165, 1.54) is 12.1 Å². The number of aliphatic carboxylic acids is 1. The molecule has 1 N–H and O–H groups in total. The van der Waals surface area contributed by atoms with Crippen LogP contribution in [-0.2, 0) is 11.2 Å². The Morgan fingerprint density at radius 1 is 1.44 bits per heavy atom. The molecule has 0 aliphatic carbocycles. The molecule has 0 spiro atoms. The Hall–Kier alpha value is -1.42. The summed E-state index contributed by atoms with van der Waals surface area (Å²) in [5, 5.41) is 9.04. The number of carbonyl (C=O) groups is 1. The van der Waals surface area contributed by atoms with Gasteiger partial charge in [0.15, 0.2) is 0 Å². The number of likely N-dealkylation sites (N-methyl/N-ethyl adjacent to an activating group) is 1. The second-order valence-electron chi connectivity index (χ2n) is 5.31. The van der Waals surface area contributed by atoms with Gasteiger partial charge < -0.3 is 10.0 Å². The van der Waals surface area contributed by atoms with E-state index in [4.69, 9.17) is 5.11 Å². The molecule has 100 valence electrons. The summed E-state index contributed by atoms with van der Waals surface area (Å²) < 4.78 is 13.0. The van der Waals surface area contributed by atoms with Gasteiger partial charge in [-0.3, -0.25) is 4.79 Å². The summed E-state index contributed by atoms with van der Waals surface area (Å²) in [4.78, 5) is 13.0. The van der Waals surface area contributed by atoms with Gasteiger partial charge in [-0.2, -0.15) is 0 Å². The van der Waals surface area contributed by atoms with Crippen molar-refractivity contribution in [2.75, 3.05) is 20.1 Å². The molecule has 0 fully saturated rings. The summed E-state index contributed by atoms with van der Waals surface area (Å²) in [6.45, 7) is 4.58. The molecule has 0 saturated heterocycles. The van der Waals surface area contributed by atoms with E-state index in [-0.39, 0.29) is 5.82 Å². The van der Waals surface area contributed by atoms with Gasteiger partial charge in [0.25, 0.3) is 0 Å². The third-order valence-corrected chi connectivity index (χ3v) is 2.92. The average molecular weight is 253 g/mol. The zero-order chi connectivity index (χ0) is 13.8. The lowest BCUT2D eigenvalue weighted by Crippen LogP contribution is -2.38. The van der Waals surface area contributed by atoms with E-state index < -0.39 is 11.4 Å². The van der Waals surface area contributed by atoms with Gasteiger partial charge in [0.2, 0.25) is 0 Å². The van der Waals surface area contributed by atoms with Gasteiger partial charge in [0.1, 0.15) is 5.82 Å². The molecule has 1 aromatic rings. The summed E-state index contributed by atoms with van der Waals surface area (Å²) in [6.07, 6.45) is 0.712. The fourth-order valence-corrected chi connectivity index (χ4v) is 1.83. The van der Waals surface area contributed by atoms with Crippen molar-refractivity contribution < 1.29 is 14.3 Å². The zero-order valence-electron chi connectivity index (χ0n) is 11.1. The maximum atomic E-state index is 13.0. The van der Waals surface area contributed by atoms with Crippen molar-refractivity contribution in [2.24, 2.45) is 5.41 Å². The van der Waals surface area contributed by atoms with Crippen LogP contribution < -0.4 is 0 Å². The van der Waals surface area contributed by atoms with Crippen LogP contribution in [0.4, 0.5) is 4.39 Å². The van der Waals surface area contributed by atoms with Crippen molar-refractivity contribution in [3.05, 3.63) is 35.6 Å². The minimum absolute atomic E-state index is 0.235. The normalized spacial score (nSPS) is 11.8. The molecular formula is C14H20FNO2. The highest BCUT2D eigenvalue weighted by Crippen LogP contribution is 2.16. The van der Waals surface area contributed by atoms with Crippen molar-refractivity contribution in [1.82, 2.24) is 4.90 Å². The number of halogens is 1. The smallest absolute Gasteiger partial charge is 0.310 e. The maximum absolute atomic E-state index is 13.0. The molecule has 18 heavy (non-hydrogen) atoms.